The maximum absolute atomic E-state index is 13.9. The summed E-state index contributed by atoms with van der Waals surface area (Å²) in [6, 6.07) is 2.59. The van der Waals surface area contributed by atoms with Crippen molar-refractivity contribution in [1.29, 1.82) is 0 Å². The number of nitrogens with zero attached hydrogens (tertiary/aromatic N) is 4. The first-order valence-electron chi connectivity index (χ1n) is 7.65. The zero-order chi connectivity index (χ0) is 19.9. The van der Waals surface area contributed by atoms with Crippen molar-refractivity contribution in [2.75, 3.05) is 0 Å². The molecule has 2 aromatic heterocycles. The molecule has 3 rings (SSSR count). The monoisotopic (exact) mass is 416 g/mol. The van der Waals surface area contributed by atoms with Crippen molar-refractivity contribution in [3.63, 3.8) is 0 Å². The summed E-state index contributed by atoms with van der Waals surface area (Å²) in [5.74, 6) is -3.46. The molecule has 0 bridgehead atoms. The summed E-state index contributed by atoms with van der Waals surface area (Å²) in [5, 5.41) is 8.64. The second-order valence-corrected chi connectivity index (χ2v) is 7.00. The van der Waals surface area contributed by atoms with E-state index in [1.807, 2.05) is 0 Å². The minimum atomic E-state index is -1.30. The van der Waals surface area contributed by atoms with E-state index in [4.69, 9.17) is 27.9 Å². The molecule has 142 valence electrons. The van der Waals surface area contributed by atoms with Crippen LogP contribution in [0.3, 0.4) is 0 Å². The highest BCUT2D eigenvalue weighted by molar-refractivity contribution is 6.34. The molecule has 0 unspecified atom stereocenters. The zero-order valence-corrected chi connectivity index (χ0v) is 15.9. The fourth-order valence-corrected chi connectivity index (χ4v) is 2.95. The van der Waals surface area contributed by atoms with Crippen molar-refractivity contribution < 1.29 is 17.9 Å². The minimum Gasteiger partial charge on any atom is -0.474 e. The lowest BCUT2D eigenvalue weighted by Gasteiger charge is -2.26. The number of hydrogen-bond donors (Lipinski definition) is 0. The van der Waals surface area contributed by atoms with Gasteiger partial charge in [-0.15, -0.1) is 10.2 Å². The SMILES string of the molecule is Cn1c(-c2cc(Cl)ncc2Cl)nnc1C(C)(C)Oc1c(F)cc(F)cc1F. The lowest BCUT2D eigenvalue weighted by Crippen LogP contribution is -2.30. The predicted octanol–water partition coefficient (Wildman–Crippen LogP) is 4.92. The molecule has 27 heavy (non-hydrogen) atoms. The highest BCUT2D eigenvalue weighted by Gasteiger charge is 2.32. The first kappa shape index (κ1) is 19.4. The van der Waals surface area contributed by atoms with Gasteiger partial charge in [-0.25, -0.2) is 18.2 Å². The largest absolute Gasteiger partial charge is 0.474 e. The fourth-order valence-electron chi connectivity index (χ4n) is 2.60. The van der Waals surface area contributed by atoms with Crippen LogP contribution in [0.4, 0.5) is 13.2 Å². The van der Waals surface area contributed by atoms with E-state index in [1.54, 1.807) is 25.5 Å². The van der Waals surface area contributed by atoms with E-state index in [2.05, 4.69) is 15.2 Å². The maximum atomic E-state index is 13.9. The molecule has 2 heterocycles. The molecule has 0 fully saturated rings. The van der Waals surface area contributed by atoms with Gasteiger partial charge in [-0.2, -0.15) is 0 Å². The molecule has 0 atom stereocenters. The summed E-state index contributed by atoms with van der Waals surface area (Å²) in [6.07, 6.45) is 1.37. The summed E-state index contributed by atoms with van der Waals surface area (Å²) in [6.45, 7) is 3.09. The van der Waals surface area contributed by atoms with Gasteiger partial charge in [0.2, 0.25) is 0 Å². The number of benzene rings is 1. The van der Waals surface area contributed by atoms with Crippen LogP contribution in [0.5, 0.6) is 5.75 Å². The zero-order valence-electron chi connectivity index (χ0n) is 14.4. The van der Waals surface area contributed by atoms with E-state index in [1.165, 1.54) is 12.3 Å². The number of ether oxygens (including phenoxy) is 1. The first-order valence-corrected chi connectivity index (χ1v) is 8.40. The third-order valence-corrected chi connectivity index (χ3v) is 4.30. The van der Waals surface area contributed by atoms with Crippen LogP contribution < -0.4 is 4.74 Å². The Labute approximate surface area is 162 Å². The Bertz CT molecular complexity index is 1000. The second kappa shape index (κ2) is 7.01. The molecular weight excluding hydrogens is 404 g/mol. The minimum absolute atomic E-state index is 0.213. The van der Waals surface area contributed by atoms with Gasteiger partial charge < -0.3 is 9.30 Å². The molecule has 0 saturated carbocycles. The Morgan fingerprint density at radius 1 is 1.04 bits per heavy atom. The molecule has 5 nitrogen and oxygen atoms in total. The Morgan fingerprint density at radius 2 is 1.67 bits per heavy atom. The van der Waals surface area contributed by atoms with Crippen LogP contribution >= 0.6 is 23.2 Å². The van der Waals surface area contributed by atoms with Crippen LogP contribution in [0, 0.1) is 17.5 Å². The smallest absolute Gasteiger partial charge is 0.192 e. The number of rotatable bonds is 4. The van der Waals surface area contributed by atoms with Crippen LogP contribution in [0.25, 0.3) is 11.4 Å². The average Bonchev–Trinajstić information content (AvgIpc) is 2.95. The van der Waals surface area contributed by atoms with Gasteiger partial charge in [-0.1, -0.05) is 23.2 Å². The van der Waals surface area contributed by atoms with Crippen LogP contribution in [0.1, 0.15) is 19.7 Å². The summed E-state index contributed by atoms with van der Waals surface area (Å²) >= 11 is 12.0. The van der Waals surface area contributed by atoms with E-state index in [0.29, 0.717) is 28.5 Å². The van der Waals surface area contributed by atoms with E-state index < -0.39 is 28.8 Å². The number of pyridine rings is 1. The Morgan fingerprint density at radius 3 is 2.30 bits per heavy atom. The number of hydrogen-bond acceptors (Lipinski definition) is 4. The molecule has 0 aliphatic carbocycles. The van der Waals surface area contributed by atoms with Crippen LogP contribution in [0.15, 0.2) is 24.4 Å². The summed E-state index contributed by atoms with van der Waals surface area (Å²) < 4.78 is 48.0. The summed E-state index contributed by atoms with van der Waals surface area (Å²) in [7, 11) is 1.64. The maximum Gasteiger partial charge on any atom is 0.192 e. The Kier molecular flexibility index (Phi) is 5.05. The quantitative estimate of drug-likeness (QED) is 0.566. The molecule has 1 aromatic carbocycles. The van der Waals surface area contributed by atoms with Crippen molar-refractivity contribution in [3.05, 3.63) is 57.8 Å². The van der Waals surface area contributed by atoms with Gasteiger partial charge in [0.05, 0.1) is 5.02 Å². The first-order chi connectivity index (χ1) is 12.6. The third-order valence-electron chi connectivity index (χ3n) is 3.80. The average molecular weight is 417 g/mol. The molecule has 0 saturated heterocycles. The molecule has 0 radical (unpaired) electrons. The lowest BCUT2D eigenvalue weighted by molar-refractivity contribution is 0.0833. The third kappa shape index (κ3) is 3.72. The molecular formula is C17H13Cl2F3N4O. The highest BCUT2D eigenvalue weighted by atomic mass is 35.5. The normalized spacial score (nSPS) is 11.7. The lowest BCUT2D eigenvalue weighted by atomic mass is 10.1. The standard InChI is InChI=1S/C17H13Cl2F3N4O/c1-17(2,27-14-11(21)4-8(20)5-12(14)22)16-25-24-15(26(16)3)9-6-13(19)23-7-10(9)18/h4-7H,1-3H3. The molecule has 0 spiro atoms. The van der Waals surface area contributed by atoms with Crippen LogP contribution in [-0.2, 0) is 12.6 Å². The summed E-state index contributed by atoms with van der Waals surface area (Å²) in [4.78, 5) is 3.87. The topological polar surface area (TPSA) is 52.8 Å². The van der Waals surface area contributed by atoms with Crippen LogP contribution in [-0.4, -0.2) is 19.7 Å². The van der Waals surface area contributed by atoms with Gasteiger partial charge in [-0.05, 0) is 19.9 Å². The van der Waals surface area contributed by atoms with Gasteiger partial charge in [-0.3, -0.25) is 0 Å². The van der Waals surface area contributed by atoms with E-state index >= 15 is 0 Å². The van der Waals surface area contributed by atoms with Crippen molar-refractivity contribution in [3.8, 4) is 17.1 Å². The van der Waals surface area contributed by atoms with Crippen molar-refractivity contribution in [2.45, 2.75) is 19.4 Å². The molecule has 0 aliphatic rings. The molecule has 3 aromatic rings. The molecule has 0 aliphatic heterocycles. The van der Waals surface area contributed by atoms with Gasteiger partial charge in [0.25, 0.3) is 0 Å². The van der Waals surface area contributed by atoms with Crippen molar-refractivity contribution in [1.82, 2.24) is 19.7 Å². The van der Waals surface area contributed by atoms with Crippen molar-refractivity contribution in [2.24, 2.45) is 7.05 Å². The van der Waals surface area contributed by atoms with Crippen LogP contribution in [0.2, 0.25) is 10.2 Å². The van der Waals surface area contributed by atoms with Gasteiger partial charge >= 0.3 is 0 Å². The summed E-state index contributed by atoms with van der Waals surface area (Å²) in [5.41, 5.74) is -0.823. The van der Waals surface area contributed by atoms with E-state index in [-0.39, 0.29) is 11.0 Å². The van der Waals surface area contributed by atoms with Gasteiger partial charge in [0.1, 0.15) is 11.0 Å². The van der Waals surface area contributed by atoms with Gasteiger partial charge in [0.15, 0.2) is 34.6 Å². The van der Waals surface area contributed by atoms with E-state index in [0.717, 1.165) is 0 Å². The Balaban J connectivity index is 2.02. The number of aromatic nitrogens is 4. The fraction of sp³-hybridized carbons (Fsp3) is 0.235. The predicted molar refractivity (Wildman–Crippen MR) is 94.2 cm³/mol. The van der Waals surface area contributed by atoms with Gasteiger partial charge in [0, 0.05) is 30.9 Å². The van der Waals surface area contributed by atoms with Crippen molar-refractivity contribution >= 4 is 23.2 Å². The second-order valence-electron chi connectivity index (χ2n) is 6.20. The number of halogens is 5. The Hall–Kier alpha value is -2.32. The van der Waals surface area contributed by atoms with E-state index in [9.17, 15) is 13.2 Å². The molecule has 10 heteroatoms. The highest BCUT2D eigenvalue weighted by Crippen LogP contribution is 2.34. The molecule has 0 amide bonds. The molecule has 0 N–H and O–H groups in total.